The van der Waals surface area contributed by atoms with E-state index < -0.39 is 17.8 Å². The molecule has 7 heteroatoms. The summed E-state index contributed by atoms with van der Waals surface area (Å²) in [5, 5.41) is 12.5. The van der Waals surface area contributed by atoms with Crippen LogP contribution in [-0.4, -0.2) is 41.0 Å². The summed E-state index contributed by atoms with van der Waals surface area (Å²) in [6.07, 6.45) is 1.56. The zero-order valence-corrected chi connectivity index (χ0v) is 10.6. The largest absolute Gasteiger partial charge is 0.481 e. The van der Waals surface area contributed by atoms with Crippen LogP contribution in [0.15, 0.2) is 5.11 Å². The number of amides is 1. The number of hydrogen-bond acceptors (Lipinski definition) is 3. The maximum Gasteiger partial charge on any atom is 0.307 e. The lowest BCUT2D eigenvalue weighted by Crippen LogP contribution is -2.45. The van der Waals surface area contributed by atoms with Crippen molar-refractivity contribution in [3.8, 4) is 0 Å². The SMILES string of the molecule is CC(C(=O)O)C(C)C(=O)N1CCCC(N=[N+]=[N-])C1. The Hall–Kier alpha value is -1.75. The number of carboxylic acid groups (broad SMARTS) is 1. The lowest BCUT2D eigenvalue weighted by atomic mass is 9.93. The van der Waals surface area contributed by atoms with Gasteiger partial charge in [0.1, 0.15) is 0 Å². The number of rotatable bonds is 4. The van der Waals surface area contributed by atoms with Gasteiger partial charge in [-0.2, -0.15) is 0 Å². The zero-order chi connectivity index (χ0) is 13.7. The van der Waals surface area contributed by atoms with Crippen molar-refractivity contribution in [2.24, 2.45) is 17.0 Å². The van der Waals surface area contributed by atoms with E-state index in [0.717, 1.165) is 12.8 Å². The first-order valence-electron chi connectivity index (χ1n) is 6.03. The molecular formula is C11H18N4O3. The second-order valence-electron chi connectivity index (χ2n) is 4.70. The van der Waals surface area contributed by atoms with Crippen LogP contribution < -0.4 is 0 Å². The molecule has 18 heavy (non-hydrogen) atoms. The van der Waals surface area contributed by atoms with Gasteiger partial charge in [0.05, 0.1) is 12.0 Å². The van der Waals surface area contributed by atoms with Crippen molar-refractivity contribution in [3.63, 3.8) is 0 Å². The van der Waals surface area contributed by atoms with Crippen molar-refractivity contribution in [2.75, 3.05) is 13.1 Å². The Labute approximate surface area is 105 Å². The first-order chi connectivity index (χ1) is 8.47. The molecule has 1 aliphatic rings. The Balaban J connectivity index is 2.66. The van der Waals surface area contributed by atoms with Crippen molar-refractivity contribution in [2.45, 2.75) is 32.7 Å². The molecule has 1 rings (SSSR count). The van der Waals surface area contributed by atoms with Crippen LogP contribution in [0.1, 0.15) is 26.7 Å². The molecule has 1 N–H and O–H groups in total. The van der Waals surface area contributed by atoms with Crippen LogP contribution in [0, 0.1) is 11.8 Å². The van der Waals surface area contributed by atoms with Gasteiger partial charge in [0.25, 0.3) is 0 Å². The molecule has 0 aliphatic carbocycles. The van der Waals surface area contributed by atoms with Crippen LogP contribution in [0.2, 0.25) is 0 Å². The molecule has 0 spiro atoms. The minimum absolute atomic E-state index is 0.178. The first-order valence-corrected chi connectivity index (χ1v) is 6.03. The first kappa shape index (κ1) is 14.3. The van der Waals surface area contributed by atoms with Gasteiger partial charge in [-0.3, -0.25) is 9.59 Å². The molecule has 1 amide bonds. The van der Waals surface area contributed by atoms with Gasteiger partial charge in [-0.1, -0.05) is 19.0 Å². The molecular weight excluding hydrogens is 236 g/mol. The number of piperidine rings is 1. The average molecular weight is 254 g/mol. The standard InChI is InChI=1S/C11H18N4O3/c1-7(8(2)11(17)18)10(16)15-5-3-4-9(6-15)13-14-12/h7-9H,3-6H2,1-2H3,(H,17,18). The fraction of sp³-hybridized carbons (Fsp3) is 0.818. The van der Waals surface area contributed by atoms with Gasteiger partial charge in [-0.05, 0) is 18.4 Å². The van der Waals surface area contributed by atoms with Gasteiger partial charge in [0, 0.05) is 23.9 Å². The molecule has 0 bridgehead atoms. The van der Waals surface area contributed by atoms with Gasteiger partial charge in [0.2, 0.25) is 5.91 Å². The highest BCUT2D eigenvalue weighted by atomic mass is 16.4. The Kier molecular flexibility index (Phi) is 4.97. The van der Waals surface area contributed by atoms with E-state index in [4.69, 9.17) is 10.6 Å². The van der Waals surface area contributed by atoms with Gasteiger partial charge < -0.3 is 10.0 Å². The predicted octanol–water partition coefficient (Wildman–Crippen LogP) is 1.64. The Morgan fingerprint density at radius 3 is 2.67 bits per heavy atom. The smallest absolute Gasteiger partial charge is 0.307 e. The number of carbonyl (C=O) groups is 2. The number of carbonyl (C=O) groups excluding carboxylic acids is 1. The van der Waals surface area contributed by atoms with Gasteiger partial charge in [-0.25, -0.2) is 0 Å². The Morgan fingerprint density at radius 1 is 1.44 bits per heavy atom. The van der Waals surface area contributed by atoms with E-state index in [0.29, 0.717) is 13.1 Å². The summed E-state index contributed by atoms with van der Waals surface area (Å²) < 4.78 is 0. The van der Waals surface area contributed by atoms with E-state index >= 15 is 0 Å². The van der Waals surface area contributed by atoms with Gasteiger partial charge >= 0.3 is 5.97 Å². The molecule has 0 aromatic heterocycles. The molecule has 1 aliphatic heterocycles. The van der Waals surface area contributed by atoms with Crippen LogP contribution >= 0.6 is 0 Å². The Morgan fingerprint density at radius 2 is 2.11 bits per heavy atom. The van der Waals surface area contributed by atoms with E-state index in [2.05, 4.69) is 10.0 Å². The van der Waals surface area contributed by atoms with Crippen molar-refractivity contribution in [1.82, 2.24) is 4.90 Å². The summed E-state index contributed by atoms with van der Waals surface area (Å²) in [5.41, 5.74) is 8.39. The third-order valence-corrected chi connectivity index (χ3v) is 3.45. The van der Waals surface area contributed by atoms with Crippen LogP contribution in [-0.2, 0) is 9.59 Å². The predicted molar refractivity (Wildman–Crippen MR) is 64.7 cm³/mol. The highest BCUT2D eigenvalue weighted by Gasteiger charge is 2.31. The van der Waals surface area contributed by atoms with Gasteiger partial charge in [-0.15, -0.1) is 0 Å². The quantitative estimate of drug-likeness (QED) is 0.468. The molecule has 0 aromatic carbocycles. The van der Waals surface area contributed by atoms with Crippen molar-refractivity contribution in [1.29, 1.82) is 0 Å². The maximum absolute atomic E-state index is 12.1. The maximum atomic E-state index is 12.1. The lowest BCUT2D eigenvalue weighted by molar-refractivity contribution is -0.149. The Bertz CT molecular complexity index is 378. The van der Waals surface area contributed by atoms with Crippen molar-refractivity contribution >= 4 is 11.9 Å². The van der Waals surface area contributed by atoms with E-state index in [1.807, 2.05) is 0 Å². The zero-order valence-electron chi connectivity index (χ0n) is 10.6. The van der Waals surface area contributed by atoms with Crippen LogP contribution in [0.4, 0.5) is 0 Å². The summed E-state index contributed by atoms with van der Waals surface area (Å²) in [6.45, 7) is 4.14. The topological polar surface area (TPSA) is 106 Å². The third-order valence-electron chi connectivity index (χ3n) is 3.45. The van der Waals surface area contributed by atoms with E-state index in [1.54, 1.807) is 11.8 Å². The van der Waals surface area contributed by atoms with Crippen molar-refractivity contribution in [3.05, 3.63) is 10.4 Å². The number of carboxylic acids is 1. The molecule has 7 nitrogen and oxygen atoms in total. The number of likely N-dealkylation sites (tertiary alicyclic amines) is 1. The number of nitrogens with zero attached hydrogens (tertiary/aromatic N) is 4. The highest BCUT2D eigenvalue weighted by molar-refractivity contribution is 5.84. The molecule has 0 saturated carbocycles. The minimum atomic E-state index is -0.973. The van der Waals surface area contributed by atoms with E-state index in [9.17, 15) is 9.59 Å². The number of azide groups is 1. The van der Waals surface area contributed by atoms with Gasteiger partial charge in [0.15, 0.2) is 0 Å². The molecule has 0 radical (unpaired) electrons. The third kappa shape index (κ3) is 3.37. The fourth-order valence-corrected chi connectivity index (χ4v) is 2.04. The number of aliphatic carboxylic acids is 1. The fourth-order valence-electron chi connectivity index (χ4n) is 2.04. The van der Waals surface area contributed by atoms with Crippen LogP contribution in [0.3, 0.4) is 0 Å². The summed E-state index contributed by atoms with van der Waals surface area (Å²) in [6, 6.07) is -0.194. The molecule has 0 aromatic rings. The number of hydrogen-bond donors (Lipinski definition) is 1. The second-order valence-corrected chi connectivity index (χ2v) is 4.70. The second kappa shape index (κ2) is 6.26. The lowest BCUT2D eigenvalue weighted by Gasteiger charge is -2.33. The molecule has 3 atom stereocenters. The summed E-state index contributed by atoms with van der Waals surface area (Å²) in [7, 11) is 0. The van der Waals surface area contributed by atoms with Crippen molar-refractivity contribution < 1.29 is 14.7 Å². The summed E-state index contributed by atoms with van der Waals surface area (Å²) in [4.78, 5) is 27.3. The monoisotopic (exact) mass is 254 g/mol. The van der Waals surface area contributed by atoms with E-state index in [-0.39, 0.29) is 11.9 Å². The molecule has 1 heterocycles. The summed E-state index contributed by atoms with van der Waals surface area (Å²) >= 11 is 0. The molecule has 3 unspecified atom stereocenters. The normalized spacial score (nSPS) is 22.8. The minimum Gasteiger partial charge on any atom is -0.481 e. The summed E-state index contributed by atoms with van der Waals surface area (Å²) in [5.74, 6) is -2.42. The van der Waals surface area contributed by atoms with Crippen LogP contribution in [0.25, 0.3) is 10.4 Å². The molecule has 100 valence electrons. The molecule has 1 saturated heterocycles. The van der Waals surface area contributed by atoms with E-state index in [1.165, 1.54) is 6.92 Å². The average Bonchev–Trinajstić information content (AvgIpc) is 2.36. The molecule has 1 fully saturated rings. The van der Waals surface area contributed by atoms with Crippen LogP contribution in [0.5, 0.6) is 0 Å². The highest BCUT2D eigenvalue weighted by Crippen LogP contribution is 2.19.